The molecule has 1 N–H and O–H groups in total. The Labute approximate surface area is 170 Å². The van der Waals surface area contributed by atoms with E-state index in [1.165, 1.54) is 35.7 Å². The van der Waals surface area contributed by atoms with Gasteiger partial charge in [0.05, 0.1) is 7.11 Å². The molecule has 2 aromatic rings. The number of amides is 1. The molecule has 0 unspecified atom stereocenters. The van der Waals surface area contributed by atoms with E-state index in [0.717, 1.165) is 19.3 Å². The van der Waals surface area contributed by atoms with Gasteiger partial charge in [0, 0.05) is 23.8 Å². The third-order valence-corrected chi connectivity index (χ3v) is 7.22. The lowest BCUT2D eigenvalue weighted by Crippen LogP contribution is -2.42. The van der Waals surface area contributed by atoms with Crippen molar-refractivity contribution in [1.29, 1.82) is 0 Å². The maximum atomic E-state index is 13.7. The number of methoxy groups -OCH3 is 1. The van der Waals surface area contributed by atoms with E-state index in [0.29, 0.717) is 17.8 Å². The van der Waals surface area contributed by atoms with Crippen molar-refractivity contribution in [2.45, 2.75) is 44.0 Å². The van der Waals surface area contributed by atoms with E-state index in [-0.39, 0.29) is 22.3 Å². The monoisotopic (exact) mass is 420 g/mol. The van der Waals surface area contributed by atoms with Crippen LogP contribution < -0.4 is 10.1 Å². The number of aryl methyl sites for hydroxylation is 1. The predicted octanol–water partition coefficient (Wildman–Crippen LogP) is 3.96. The Bertz CT molecular complexity index is 1020. The summed E-state index contributed by atoms with van der Waals surface area (Å²) in [6.45, 7) is 3.94. The number of carbonyl (C=O) groups excluding carboxylic acids is 1. The molecule has 1 aliphatic rings. The summed E-state index contributed by atoms with van der Waals surface area (Å²) in [7, 11) is -2.44. The molecular formula is C21H25FN2O4S. The smallest absolute Gasteiger partial charge is 0.255 e. The average molecular weight is 421 g/mol. The van der Waals surface area contributed by atoms with Crippen LogP contribution in [0, 0.1) is 12.7 Å². The maximum Gasteiger partial charge on any atom is 0.255 e. The lowest BCUT2D eigenvalue weighted by Gasteiger charge is -2.32. The van der Waals surface area contributed by atoms with Crippen molar-refractivity contribution in [2.75, 3.05) is 19.0 Å². The first kappa shape index (κ1) is 21.3. The van der Waals surface area contributed by atoms with Gasteiger partial charge in [-0.1, -0.05) is 12.5 Å². The number of hydrogen-bond donors (Lipinski definition) is 1. The molecule has 2 aromatic carbocycles. The van der Waals surface area contributed by atoms with Gasteiger partial charge in [0.15, 0.2) is 0 Å². The molecule has 1 saturated heterocycles. The second-order valence-corrected chi connectivity index (χ2v) is 9.10. The zero-order valence-electron chi connectivity index (χ0n) is 16.7. The van der Waals surface area contributed by atoms with Crippen molar-refractivity contribution < 1.29 is 22.3 Å². The van der Waals surface area contributed by atoms with Gasteiger partial charge in [-0.2, -0.15) is 4.31 Å². The SMILES string of the molecule is COc1ccc(C(=O)Nc2ccc(C)c(F)c2)cc1S(=O)(=O)N1CCCC[C@H]1C. The van der Waals surface area contributed by atoms with E-state index < -0.39 is 21.7 Å². The molecule has 1 aliphatic heterocycles. The Hall–Kier alpha value is -2.45. The molecule has 0 aromatic heterocycles. The van der Waals surface area contributed by atoms with Crippen LogP contribution in [0.4, 0.5) is 10.1 Å². The quantitative estimate of drug-likeness (QED) is 0.795. The van der Waals surface area contributed by atoms with Gasteiger partial charge in [-0.3, -0.25) is 4.79 Å². The second kappa shape index (κ2) is 8.51. The number of nitrogens with one attached hydrogen (secondary N) is 1. The minimum atomic E-state index is -3.83. The number of hydrogen-bond acceptors (Lipinski definition) is 4. The van der Waals surface area contributed by atoms with Crippen LogP contribution in [0.15, 0.2) is 41.3 Å². The van der Waals surface area contributed by atoms with Gasteiger partial charge < -0.3 is 10.1 Å². The number of rotatable bonds is 5. The van der Waals surface area contributed by atoms with Crippen LogP contribution in [0.25, 0.3) is 0 Å². The summed E-state index contributed by atoms with van der Waals surface area (Å²) in [5.41, 5.74) is 0.912. The Morgan fingerprint density at radius 2 is 1.97 bits per heavy atom. The van der Waals surface area contributed by atoms with E-state index in [9.17, 15) is 17.6 Å². The van der Waals surface area contributed by atoms with Gasteiger partial charge >= 0.3 is 0 Å². The summed E-state index contributed by atoms with van der Waals surface area (Å²) in [6.07, 6.45) is 2.58. The van der Waals surface area contributed by atoms with Gasteiger partial charge in [0.2, 0.25) is 10.0 Å². The number of piperidine rings is 1. The minimum absolute atomic E-state index is 0.0449. The number of carbonyl (C=O) groups is 1. The van der Waals surface area contributed by atoms with Crippen LogP contribution in [0.1, 0.15) is 42.1 Å². The van der Waals surface area contributed by atoms with Crippen molar-refractivity contribution in [2.24, 2.45) is 0 Å². The van der Waals surface area contributed by atoms with E-state index in [2.05, 4.69) is 5.32 Å². The van der Waals surface area contributed by atoms with Crippen LogP contribution in [0.3, 0.4) is 0 Å². The zero-order chi connectivity index (χ0) is 21.2. The number of nitrogens with zero attached hydrogens (tertiary/aromatic N) is 1. The summed E-state index contributed by atoms with van der Waals surface area (Å²) >= 11 is 0. The molecule has 0 radical (unpaired) electrons. The van der Waals surface area contributed by atoms with Gasteiger partial charge in [-0.25, -0.2) is 12.8 Å². The molecule has 8 heteroatoms. The van der Waals surface area contributed by atoms with E-state index in [4.69, 9.17) is 4.74 Å². The molecule has 1 fully saturated rings. The van der Waals surface area contributed by atoms with Gasteiger partial charge in [-0.15, -0.1) is 0 Å². The number of halogens is 1. The third-order valence-electron chi connectivity index (χ3n) is 5.18. The first-order valence-electron chi connectivity index (χ1n) is 9.51. The summed E-state index contributed by atoms with van der Waals surface area (Å²) < 4.78 is 47.0. The molecule has 1 heterocycles. The van der Waals surface area contributed by atoms with Gasteiger partial charge in [-0.05, 0) is 62.6 Å². The van der Waals surface area contributed by atoms with Gasteiger partial charge in [0.1, 0.15) is 16.5 Å². The maximum absolute atomic E-state index is 13.7. The highest BCUT2D eigenvalue weighted by Crippen LogP contribution is 2.32. The lowest BCUT2D eigenvalue weighted by molar-refractivity contribution is 0.102. The van der Waals surface area contributed by atoms with Crippen molar-refractivity contribution in [3.63, 3.8) is 0 Å². The molecule has 3 rings (SSSR count). The number of anilines is 1. The molecule has 1 atom stereocenters. The lowest BCUT2D eigenvalue weighted by atomic mass is 10.1. The fourth-order valence-corrected chi connectivity index (χ4v) is 5.33. The Morgan fingerprint density at radius 1 is 1.21 bits per heavy atom. The molecule has 29 heavy (non-hydrogen) atoms. The Morgan fingerprint density at radius 3 is 2.62 bits per heavy atom. The predicted molar refractivity (Wildman–Crippen MR) is 109 cm³/mol. The molecule has 156 valence electrons. The summed E-state index contributed by atoms with van der Waals surface area (Å²) in [5.74, 6) is -0.778. The molecule has 0 spiro atoms. The fraction of sp³-hybridized carbons (Fsp3) is 0.381. The summed E-state index contributed by atoms with van der Waals surface area (Å²) in [5, 5.41) is 2.60. The zero-order valence-corrected chi connectivity index (χ0v) is 17.6. The van der Waals surface area contributed by atoms with Crippen molar-refractivity contribution in [3.8, 4) is 5.75 Å². The Kier molecular flexibility index (Phi) is 6.24. The minimum Gasteiger partial charge on any atom is -0.495 e. The Balaban J connectivity index is 1.94. The number of benzene rings is 2. The highest BCUT2D eigenvalue weighted by Gasteiger charge is 2.33. The van der Waals surface area contributed by atoms with Gasteiger partial charge in [0.25, 0.3) is 5.91 Å². The van der Waals surface area contributed by atoms with Crippen molar-refractivity contribution >= 4 is 21.6 Å². The highest BCUT2D eigenvalue weighted by atomic mass is 32.2. The van der Waals surface area contributed by atoms with Crippen LogP contribution in [-0.4, -0.2) is 38.3 Å². The van der Waals surface area contributed by atoms with E-state index in [1.54, 1.807) is 19.1 Å². The highest BCUT2D eigenvalue weighted by molar-refractivity contribution is 7.89. The van der Waals surface area contributed by atoms with Crippen LogP contribution in [0.2, 0.25) is 0 Å². The molecule has 1 amide bonds. The average Bonchev–Trinajstić information content (AvgIpc) is 2.70. The number of ether oxygens (including phenoxy) is 1. The molecular weight excluding hydrogens is 395 g/mol. The number of sulfonamides is 1. The third kappa shape index (κ3) is 4.43. The largest absolute Gasteiger partial charge is 0.495 e. The van der Waals surface area contributed by atoms with Crippen LogP contribution >= 0.6 is 0 Å². The topological polar surface area (TPSA) is 75.7 Å². The normalized spacial score (nSPS) is 17.7. The summed E-state index contributed by atoms with van der Waals surface area (Å²) in [6, 6.07) is 8.52. The van der Waals surface area contributed by atoms with Crippen LogP contribution in [0.5, 0.6) is 5.75 Å². The fourth-order valence-electron chi connectivity index (χ4n) is 3.45. The van der Waals surface area contributed by atoms with Crippen LogP contribution in [-0.2, 0) is 10.0 Å². The molecule has 0 saturated carbocycles. The van der Waals surface area contributed by atoms with Crippen molar-refractivity contribution in [3.05, 3.63) is 53.3 Å². The molecule has 6 nitrogen and oxygen atoms in total. The first-order valence-corrected chi connectivity index (χ1v) is 11.0. The second-order valence-electron chi connectivity index (χ2n) is 7.24. The molecule has 0 aliphatic carbocycles. The first-order chi connectivity index (χ1) is 13.7. The summed E-state index contributed by atoms with van der Waals surface area (Å²) in [4.78, 5) is 12.6. The standard InChI is InChI=1S/C21H25FN2O4S/c1-14-7-9-17(13-18(14)22)23-21(25)16-8-10-19(28-3)20(12-16)29(26,27)24-11-5-4-6-15(24)2/h7-10,12-13,15H,4-6,11H2,1-3H3,(H,23,25)/t15-/m1/s1. The molecule has 0 bridgehead atoms. The van der Waals surface area contributed by atoms with E-state index in [1.807, 2.05) is 6.92 Å². The van der Waals surface area contributed by atoms with Crippen molar-refractivity contribution in [1.82, 2.24) is 4.31 Å². The van der Waals surface area contributed by atoms with E-state index >= 15 is 0 Å².